The van der Waals surface area contributed by atoms with Crippen LogP contribution in [0.3, 0.4) is 0 Å². The van der Waals surface area contributed by atoms with E-state index in [-0.39, 0.29) is 0 Å². The number of hydrogen-bond donors (Lipinski definition) is 2. The third-order valence-electron chi connectivity index (χ3n) is 4.51. The van der Waals surface area contributed by atoms with Crippen LogP contribution in [0.15, 0.2) is 10.4 Å². The Hall–Kier alpha value is -1.18. The lowest BCUT2D eigenvalue weighted by atomic mass is 10.0. The van der Waals surface area contributed by atoms with Crippen LogP contribution in [0.2, 0.25) is 0 Å². The van der Waals surface area contributed by atoms with E-state index in [4.69, 9.17) is 4.74 Å². The van der Waals surface area contributed by atoms with Crippen LogP contribution in [0.4, 0.5) is 0 Å². The first-order chi connectivity index (χ1) is 12.1. The number of aliphatic imine (C=N–C) groups is 1. The molecular weight excluding hydrogens is 334 g/mol. The van der Waals surface area contributed by atoms with Crippen molar-refractivity contribution in [2.75, 3.05) is 46.4 Å². The van der Waals surface area contributed by atoms with E-state index in [2.05, 4.69) is 44.7 Å². The Morgan fingerprint density at radius 3 is 2.72 bits per heavy atom. The second-order valence-corrected chi connectivity index (χ2v) is 7.77. The lowest BCUT2D eigenvalue weighted by Gasteiger charge is -2.37. The van der Waals surface area contributed by atoms with E-state index < -0.39 is 0 Å². The highest BCUT2D eigenvalue weighted by atomic mass is 32.1. The number of aromatic nitrogens is 1. The van der Waals surface area contributed by atoms with Crippen molar-refractivity contribution >= 4 is 17.3 Å². The number of thiazole rings is 1. The molecule has 0 spiro atoms. The number of rotatable bonds is 8. The van der Waals surface area contributed by atoms with Gasteiger partial charge in [-0.2, -0.15) is 0 Å². The summed E-state index contributed by atoms with van der Waals surface area (Å²) in [5.41, 5.74) is 1.12. The molecule has 0 aliphatic carbocycles. The molecule has 1 aromatic heterocycles. The molecule has 1 unspecified atom stereocenters. The van der Waals surface area contributed by atoms with Gasteiger partial charge in [0.05, 0.1) is 18.2 Å². The average molecular weight is 368 g/mol. The summed E-state index contributed by atoms with van der Waals surface area (Å²) in [6.45, 7) is 12.1. The molecule has 0 radical (unpaired) electrons. The van der Waals surface area contributed by atoms with Crippen molar-refractivity contribution in [2.24, 2.45) is 10.9 Å². The van der Waals surface area contributed by atoms with Gasteiger partial charge in [0.1, 0.15) is 0 Å². The maximum absolute atomic E-state index is 5.48. The Bertz CT molecular complexity index is 525. The first kappa shape index (κ1) is 20.1. The van der Waals surface area contributed by atoms with E-state index >= 15 is 0 Å². The van der Waals surface area contributed by atoms with E-state index in [0.29, 0.717) is 12.0 Å². The molecule has 7 heteroatoms. The second-order valence-electron chi connectivity index (χ2n) is 6.83. The molecule has 0 amide bonds. The zero-order valence-electron chi connectivity index (χ0n) is 16.0. The highest BCUT2D eigenvalue weighted by molar-refractivity contribution is 7.09. The summed E-state index contributed by atoms with van der Waals surface area (Å²) in [4.78, 5) is 11.4. The highest BCUT2D eigenvalue weighted by Gasteiger charge is 2.23. The standard InChI is InChI=1S/C18H33N5OS/c1-14(2)16(23-8-10-24-11-9-23)12-21-18(19-4)20-7-5-6-17-22-15(3)13-25-17/h13-14,16H,5-12H2,1-4H3,(H2,19,20,21). The largest absolute Gasteiger partial charge is 0.379 e. The quantitative estimate of drug-likeness (QED) is 0.417. The van der Waals surface area contributed by atoms with Crippen LogP contribution in [0.1, 0.15) is 31.0 Å². The minimum atomic E-state index is 0.501. The fraction of sp³-hybridized carbons (Fsp3) is 0.778. The van der Waals surface area contributed by atoms with Crippen LogP contribution in [0, 0.1) is 12.8 Å². The van der Waals surface area contributed by atoms with Gasteiger partial charge in [-0.25, -0.2) is 4.98 Å². The summed E-state index contributed by atoms with van der Waals surface area (Å²) in [6.07, 6.45) is 2.08. The molecule has 0 saturated carbocycles. The molecule has 25 heavy (non-hydrogen) atoms. The molecule has 1 aromatic rings. The average Bonchev–Trinajstić information content (AvgIpc) is 3.03. The van der Waals surface area contributed by atoms with Crippen LogP contribution in [-0.4, -0.2) is 68.3 Å². The van der Waals surface area contributed by atoms with Crippen molar-refractivity contribution in [3.8, 4) is 0 Å². The van der Waals surface area contributed by atoms with Crippen molar-refractivity contribution in [3.63, 3.8) is 0 Å². The predicted octanol–water partition coefficient (Wildman–Crippen LogP) is 1.91. The van der Waals surface area contributed by atoms with Gasteiger partial charge >= 0.3 is 0 Å². The Labute approximate surface area is 156 Å². The normalized spacial score (nSPS) is 17.7. The van der Waals surface area contributed by atoms with Crippen LogP contribution in [0.25, 0.3) is 0 Å². The van der Waals surface area contributed by atoms with Gasteiger partial charge in [0, 0.05) is 56.8 Å². The molecule has 0 aromatic carbocycles. The molecule has 1 atom stereocenters. The number of guanidine groups is 1. The first-order valence-corrected chi connectivity index (χ1v) is 10.2. The fourth-order valence-electron chi connectivity index (χ4n) is 3.08. The molecule has 1 saturated heterocycles. The summed E-state index contributed by atoms with van der Waals surface area (Å²) in [6, 6.07) is 0.501. The lowest BCUT2D eigenvalue weighted by Crippen LogP contribution is -2.52. The number of morpholine rings is 1. The van der Waals surface area contributed by atoms with Gasteiger partial charge in [-0.3, -0.25) is 9.89 Å². The first-order valence-electron chi connectivity index (χ1n) is 9.27. The minimum Gasteiger partial charge on any atom is -0.379 e. The van der Waals surface area contributed by atoms with Crippen LogP contribution < -0.4 is 10.6 Å². The van der Waals surface area contributed by atoms with E-state index in [1.54, 1.807) is 11.3 Å². The zero-order valence-corrected chi connectivity index (χ0v) is 16.9. The van der Waals surface area contributed by atoms with Crippen LogP contribution in [-0.2, 0) is 11.2 Å². The maximum atomic E-state index is 5.48. The van der Waals surface area contributed by atoms with Crippen molar-refractivity contribution in [1.82, 2.24) is 20.5 Å². The number of nitrogens with zero attached hydrogens (tertiary/aromatic N) is 3. The number of aryl methyl sites for hydroxylation is 2. The van der Waals surface area contributed by atoms with E-state index in [9.17, 15) is 0 Å². The summed E-state index contributed by atoms with van der Waals surface area (Å²) >= 11 is 1.75. The van der Waals surface area contributed by atoms with Crippen LogP contribution >= 0.6 is 11.3 Å². The molecule has 1 fully saturated rings. The maximum Gasteiger partial charge on any atom is 0.191 e. The van der Waals surface area contributed by atoms with Gasteiger partial charge in [0.2, 0.25) is 0 Å². The summed E-state index contributed by atoms with van der Waals surface area (Å²) in [5.74, 6) is 1.48. The third kappa shape index (κ3) is 6.92. The van der Waals surface area contributed by atoms with Gasteiger partial charge in [0.15, 0.2) is 5.96 Å². The minimum absolute atomic E-state index is 0.501. The Morgan fingerprint density at radius 2 is 2.12 bits per heavy atom. The molecule has 0 bridgehead atoms. The molecule has 2 rings (SSSR count). The Balaban J connectivity index is 1.70. The Morgan fingerprint density at radius 1 is 1.36 bits per heavy atom. The molecule has 142 valence electrons. The van der Waals surface area contributed by atoms with Crippen molar-refractivity contribution < 1.29 is 4.74 Å². The van der Waals surface area contributed by atoms with Crippen LogP contribution in [0.5, 0.6) is 0 Å². The SMILES string of the molecule is CN=C(NCCCc1nc(C)cs1)NCC(C(C)C)N1CCOCC1. The summed E-state index contributed by atoms with van der Waals surface area (Å²) in [5, 5.41) is 10.2. The number of nitrogens with one attached hydrogen (secondary N) is 2. The topological polar surface area (TPSA) is 61.8 Å². The van der Waals surface area contributed by atoms with Gasteiger partial charge in [-0.1, -0.05) is 13.8 Å². The van der Waals surface area contributed by atoms with E-state index in [1.165, 1.54) is 5.01 Å². The van der Waals surface area contributed by atoms with Gasteiger partial charge in [-0.05, 0) is 19.3 Å². The summed E-state index contributed by atoms with van der Waals surface area (Å²) < 4.78 is 5.48. The number of ether oxygens (including phenoxy) is 1. The Kier molecular flexibility index (Phi) is 8.64. The summed E-state index contributed by atoms with van der Waals surface area (Å²) in [7, 11) is 1.83. The molecular formula is C18H33N5OS. The molecule has 6 nitrogen and oxygen atoms in total. The second kappa shape index (κ2) is 10.7. The molecule has 1 aliphatic heterocycles. The van der Waals surface area contributed by atoms with Gasteiger partial charge in [-0.15, -0.1) is 11.3 Å². The van der Waals surface area contributed by atoms with E-state index in [0.717, 1.165) is 63.9 Å². The van der Waals surface area contributed by atoms with Gasteiger partial charge in [0.25, 0.3) is 0 Å². The zero-order chi connectivity index (χ0) is 18.1. The fourth-order valence-corrected chi connectivity index (χ4v) is 3.90. The highest BCUT2D eigenvalue weighted by Crippen LogP contribution is 2.12. The lowest BCUT2D eigenvalue weighted by molar-refractivity contribution is 0.00752. The van der Waals surface area contributed by atoms with E-state index in [1.807, 2.05) is 14.0 Å². The molecule has 2 heterocycles. The molecule has 1 aliphatic rings. The third-order valence-corrected chi connectivity index (χ3v) is 5.54. The number of hydrogen-bond acceptors (Lipinski definition) is 5. The van der Waals surface area contributed by atoms with Crippen molar-refractivity contribution in [2.45, 2.75) is 39.7 Å². The van der Waals surface area contributed by atoms with Crippen molar-refractivity contribution in [1.29, 1.82) is 0 Å². The van der Waals surface area contributed by atoms with Crippen molar-refractivity contribution in [3.05, 3.63) is 16.1 Å². The van der Waals surface area contributed by atoms with Gasteiger partial charge < -0.3 is 15.4 Å². The molecule has 2 N–H and O–H groups in total. The predicted molar refractivity (Wildman–Crippen MR) is 106 cm³/mol. The smallest absolute Gasteiger partial charge is 0.191 e. The monoisotopic (exact) mass is 367 g/mol.